The quantitative estimate of drug-likeness (QED) is 0.729. The van der Waals surface area contributed by atoms with Crippen LogP contribution in [0.5, 0.6) is 5.75 Å². The fourth-order valence-corrected chi connectivity index (χ4v) is 1.91. The average molecular weight is 254 g/mol. The van der Waals surface area contributed by atoms with Gasteiger partial charge in [-0.25, -0.2) is 0 Å². The first-order valence-electron chi connectivity index (χ1n) is 6.50. The summed E-state index contributed by atoms with van der Waals surface area (Å²) in [6, 6.07) is 18.0. The van der Waals surface area contributed by atoms with Gasteiger partial charge in [-0.3, -0.25) is 0 Å². The SMILES string of the molecule is C[C@@H](CC=O)c1ccc(OCc2ccccc2)cc1. The van der Waals surface area contributed by atoms with Crippen molar-refractivity contribution in [2.75, 3.05) is 0 Å². The molecule has 2 aromatic carbocycles. The monoisotopic (exact) mass is 254 g/mol. The van der Waals surface area contributed by atoms with E-state index in [1.807, 2.05) is 61.5 Å². The molecule has 0 spiro atoms. The van der Waals surface area contributed by atoms with Crippen LogP contribution in [-0.2, 0) is 11.4 Å². The zero-order valence-corrected chi connectivity index (χ0v) is 11.1. The van der Waals surface area contributed by atoms with Crippen molar-refractivity contribution in [2.24, 2.45) is 0 Å². The first-order chi connectivity index (χ1) is 9.29. The van der Waals surface area contributed by atoms with Crippen LogP contribution in [-0.4, -0.2) is 6.29 Å². The van der Waals surface area contributed by atoms with E-state index in [2.05, 4.69) is 0 Å². The van der Waals surface area contributed by atoms with E-state index < -0.39 is 0 Å². The van der Waals surface area contributed by atoms with Gasteiger partial charge in [0.15, 0.2) is 0 Å². The van der Waals surface area contributed by atoms with E-state index >= 15 is 0 Å². The largest absolute Gasteiger partial charge is 0.489 e. The van der Waals surface area contributed by atoms with Crippen LogP contribution in [0.3, 0.4) is 0 Å². The molecule has 0 saturated heterocycles. The first kappa shape index (κ1) is 13.3. The molecule has 0 unspecified atom stereocenters. The summed E-state index contributed by atoms with van der Waals surface area (Å²) in [5, 5.41) is 0. The lowest BCUT2D eigenvalue weighted by Gasteiger charge is -2.10. The van der Waals surface area contributed by atoms with Gasteiger partial charge in [-0.05, 0) is 29.2 Å². The van der Waals surface area contributed by atoms with Gasteiger partial charge in [0.05, 0.1) is 0 Å². The number of ether oxygens (including phenoxy) is 1. The normalized spacial score (nSPS) is 11.8. The third-order valence-corrected chi connectivity index (χ3v) is 3.15. The van der Waals surface area contributed by atoms with Crippen LogP contribution >= 0.6 is 0 Å². The summed E-state index contributed by atoms with van der Waals surface area (Å²) in [7, 11) is 0. The molecule has 2 rings (SSSR count). The van der Waals surface area contributed by atoms with Crippen molar-refractivity contribution in [3.63, 3.8) is 0 Å². The molecular formula is C17H18O2. The molecule has 0 radical (unpaired) electrons. The Morgan fingerprint density at radius 1 is 1.05 bits per heavy atom. The molecule has 0 bridgehead atoms. The second-order valence-corrected chi connectivity index (χ2v) is 4.65. The molecule has 0 saturated carbocycles. The topological polar surface area (TPSA) is 26.3 Å². The number of hydrogen-bond acceptors (Lipinski definition) is 2. The number of carbonyl (C=O) groups is 1. The van der Waals surface area contributed by atoms with E-state index in [1.165, 1.54) is 5.56 Å². The molecule has 98 valence electrons. The maximum atomic E-state index is 10.5. The van der Waals surface area contributed by atoms with Crippen molar-refractivity contribution in [3.8, 4) is 5.75 Å². The minimum absolute atomic E-state index is 0.265. The molecule has 2 heteroatoms. The van der Waals surface area contributed by atoms with Gasteiger partial charge in [-0.2, -0.15) is 0 Å². The Bertz CT molecular complexity index is 503. The standard InChI is InChI=1S/C17H18O2/c1-14(11-12-18)16-7-9-17(10-8-16)19-13-15-5-3-2-4-6-15/h2-10,12,14H,11,13H2,1H3/t14-/m0/s1. The van der Waals surface area contributed by atoms with Crippen LogP contribution in [0.25, 0.3) is 0 Å². The number of benzene rings is 2. The second kappa shape index (κ2) is 6.74. The third kappa shape index (κ3) is 3.95. The van der Waals surface area contributed by atoms with Crippen molar-refractivity contribution >= 4 is 6.29 Å². The summed E-state index contributed by atoms with van der Waals surface area (Å²) < 4.78 is 5.72. The van der Waals surface area contributed by atoms with Gasteiger partial charge >= 0.3 is 0 Å². The summed E-state index contributed by atoms with van der Waals surface area (Å²) in [6.07, 6.45) is 1.52. The van der Waals surface area contributed by atoms with E-state index in [1.54, 1.807) is 0 Å². The average Bonchev–Trinajstić information content (AvgIpc) is 2.47. The van der Waals surface area contributed by atoms with Gasteiger partial charge in [-0.15, -0.1) is 0 Å². The highest BCUT2D eigenvalue weighted by Gasteiger charge is 2.04. The van der Waals surface area contributed by atoms with Crippen molar-refractivity contribution in [3.05, 3.63) is 65.7 Å². The Morgan fingerprint density at radius 3 is 2.37 bits per heavy atom. The molecule has 0 N–H and O–H groups in total. The highest BCUT2D eigenvalue weighted by atomic mass is 16.5. The number of carbonyl (C=O) groups excluding carboxylic acids is 1. The van der Waals surface area contributed by atoms with Crippen molar-refractivity contribution in [1.29, 1.82) is 0 Å². The summed E-state index contributed by atoms with van der Waals surface area (Å²) in [6.45, 7) is 2.62. The molecular weight excluding hydrogens is 236 g/mol. The van der Waals surface area contributed by atoms with Crippen LogP contribution in [0.2, 0.25) is 0 Å². The lowest BCUT2D eigenvalue weighted by atomic mass is 9.99. The Kier molecular flexibility index (Phi) is 4.73. The number of rotatable bonds is 6. The highest BCUT2D eigenvalue weighted by Crippen LogP contribution is 2.21. The van der Waals surface area contributed by atoms with Gasteiger partial charge in [0, 0.05) is 6.42 Å². The van der Waals surface area contributed by atoms with Crippen LogP contribution in [0.1, 0.15) is 30.4 Å². The van der Waals surface area contributed by atoms with Crippen LogP contribution < -0.4 is 4.74 Å². The fourth-order valence-electron chi connectivity index (χ4n) is 1.91. The molecule has 1 atom stereocenters. The molecule has 0 aliphatic heterocycles. The van der Waals surface area contributed by atoms with E-state index in [4.69, 9.17) is 4.74 Å². The first-order valence-corrected chi connectivity index (χ1v) is 6.50. The highest BCUT2D eigenvalue weighted by molar-refractivity contribution is 5.51. The smallest absolute Gasteiger partial charge is 0.120 e. The second-order valence-electron chi connectivity index (χ2n) is 4.65. The Morgan fingerprint density at radius 2 is 1.74 bits per heavy atom. The summed E-state index contributed by atoms with van der Waals surface area (Å²) in [4.78, 5) is 10.5. The summed E-state index contributed by atoms with van der Waals surface area (Å²) >= 11 is 0. The Labute approximate surface area is 114 Å². The molecule has 0 aliphatic carbocycles. The lowest BCUT2D eigenvalue weighted by Crippen LogP contribution is -1.97. The summed E-state index contributed by atoms with van der Waals surface area (Å²) in [5.41, 5.74) is 2.32. The van der Waals surface area contributed by atoms with Crippen molar-refractivity contribution in [1.82, 2.24) is 0 Å². The van der Waals surface area contributed by atoms with E-state index in [-0.39, 0.29) is 5.92 Å². The molecule has 0 fully saturated rings. The zero-order chi connectivity index (χ0) is 13.5. The predicted molar refractivity (Wildman–Crippen MR) is 76.3 cm³/mol. The van der Waals surface area contributed by atoms with Gasteiger partial charge in [0.1, 0.15) is 18.6 Å². The maximum Gasteiger partial charge on any atom is 0.120 e. The van der Waals surface area contributed by atoms with Gasteiger partial charge in [0.2, 0.25) is 0 Å². The van der Waals surface area contributed by atoms with Crippen LogP contribution in [0, 0.1) is 0 Å². The molecule has 2 aromatic rings. The fraction of sp³-hybridized carbons (Fsp3) is 0.235. The summed E-state index contributed by atoms with van der Waals surface area (Å²) in [5.74, 6) is 1.12. The van der Waals surface area contributed by atoms with Crippen molar-refractivity contribution < 1.29 is 9.53 Å². The molecule has 2 nitrogen and oxygen atoms in total. The van der Waals surface area contributed by atoms with Gasteiger partial charge < -0.3 is 9.53 Å². The molecule has 0 amide bonds. The van der Waals surface area contributed by atoms with E-state index in [9.17, 15) is 4.79 Å². The van der Waals surface area contributed by atoms with Crippen molar-refractivity contribution in [2.45, 2.75) is 25.9 Å². The number of aldehydes is 1. The molecule has 19 heavy (non-hydrogen) atoms. The minimum atomic E-state index is 0.265. The predicted octanol–water partition coefficient (Wildman–Crippen LogP) is 3.96. The van der Waals surface area contributed by atoms with Crippen LogP contribution in [0.4, 0.5) is 0 Å². The molecule has 0 aliphatic rings. The molecule has 0 aromatic heterocycles. The van der Waals surface area contributed by atoms with E-state index in [0.29, 0.717) is 13.0 Å². The number of hydrogen-bond donors (Lipinski definition) is 0. The van der Waals surface area contributed by atoms with Gasteiger partial charge in [0.25, 0.3) is 0 Å². The minimum Gasteiger partial charge on any atom is -0.489 e. The lowest BCUT2D eigenvalue weighted by molar-refractivity contribution is -0.108. The van der Waals surface area contributed by atoms with Gasteiger partial charge in [-0.1, -0.05) is 49.4 Å². The Hall–Kier alpha value is -2.09. The zero-order valence-electron chi connectivity index (χ0n) is 11.1. The van der Waals surface area contributed by atoms with Crippen LogP contribution in [0.15, 0.2) is 54.6 Å². The Balaban J connectivity index is 1.93. The third-order valence-electron chi connectivity index (χ3n) is 3.15. The van der Waals surface area contributed by atoms with E-state index in [0.717, 1.165) is 17.6 Å². The maximum absolute atomic E-state index is 10.5. The molecule has 0 heterocycles.